The molecule has 1 heterocycles. The predicted molar refractivity (Wildman–Crippen MR) is 103 cm³/mol. The van der Waals surface area contributed by atoms with Crippen molar-refractivity contribution < 1.29 is 0 Å². The molecule has 4 rings (SSSR count). The number of fused-ring (bicyclic) bond motifs is 2. The van der Waals surface area contributed by atoms with E-state index in [4.69, 9.17) is 0 Å². The number of nitrogens with zero attached hydrogens (tertiary/aromatic N) is 1. The van der Waals surface area contributed by atoms with Crippen molar-refractivity contribution in [1.82, 2.24) is 4.98 Å². The maximum Gasteiger partial charge on any atom is 0.195 e. The lowest BCUT2D eigenvalue weighted by Crippen LogP contribution is -1.99. The van der Waals surface area contributed by atoms with E-state index in [0.29, 0.717) is 5.39 Å². The second kappa shape index (κ2) is 6.10. The molecule has 0 saturated heterocycles. The van der Waals surface area contributed by atoms with Crippen LogP contribution in [0.2, 0.25) is 0 Å². The highest BCUT2D eigenvalue weighted by molar-refractivity contribution is 7.98. The van der Waals surface area contributed by atoms with Gasteiger partial charge >= 0.3 is 0 Å². The minimum Gasteiger partial charge on any atom is -0.289 e. The Hall–Kier alpha value is -2.65. The van der Waals surface area contributed by atoms with Crippen molar-refractivity contribution in [1.29, 1.82) is 0 Å². The standard InChI is InChI=1S/C21H15NOS/c1-24-17-9-7-15-8-10-20-19(21(23)18(15)12-17)11-16(13-22-20)14-5-3-2-4-6-14/h2-13H,1H3. The smallest absolute Gasteiger partial charge is 0.195 e. The topological polar surface area (TPSA) is 30.0 Å². The summed E-state index contributed by atoms with van der Waals surface area (Å²) in [6, 6.07) is 21.9. The van der Waals surface area contributed by atoms with Gasteiger partial charge < -0.3 is 0 Å². The zero-order valence-electron chi connectivity index (χ0n) is 13.2. The van der Waals surface area contributed by atoms with Gasteiger partial charge in [-0.1, -0.05) is 42.5 Å². The molecule has 0 unspecified atom stereocenters. The van der Waals surface area contributed by atoms with E-state index >= 15 is 0 Å². The fraction of sp³-hybridized carbons (Fsp3) is 0.0476. The summed E-state index contributed by atoms with van der Waals surface area (Å²) >= 11 is 1.64. The van der Waals surface area contributed by atoms with Crippen molar-refractivity contribution in [2.24, 2.45) is 0 Å². The first-order chi connectivity index (χ1) is 11.8. The Morgan fingerprint density at radius 3 is 2.42 bits per heavy atom. The fourth-order valence-corrected chi connectivity index (χ4v) is 3.34. The Bertz CT molecular complexity index is 1110. The second-order valence-corrected chi connectivity index (χ2v) is 6.52. The van der Waals surface area contributed by atoms with E-state index in [1.807, 2.05) is 79.2 Å². The maximum atomic E-state index is 13.1. The summed E-state index contributed by atoms with van der Waals surface area (Å²) in [7, 11) is 0. The molecule has 0 amide bonds. The molecular formula is C21H15NOS. The summed E-state index contributed by atoms with van der Waals surface area (Å²) in [5.41, 5.74) is 2.78. The van der Waals surface area contributed by atoms with Crippen LogP contribution in [-0.2, 0) is 0 Å². The third-order valence-corrected chi connectivity index (χ3v) is 4.92. The molecule has 1 aromatic heterocycles. The van der Waals surface area contributed by atoms with Gasteiger partial charge in [-0.2, -0.15) is 0 Å². The van der Waals surface area contributed by atoms with Crippen LogP contribution in [0.15, 0.2) is 82.6 Å². The number of benzene rings is 2. The highest BCUT2D eigenvalue weighted by Gasteiger charge is 2.06. The second-order valence-electron chi connectivity index (χ2n) is 5.64. The highest BCUT2D eigenvalue weighted by Crippen LogP contribution is 2.24. The average Bonchev–Trinajstić information content (AvgIpc) is 2.79. The summed E-state index contributed by atoms with van der Waals surface area (Å²) in [5, 5.41) is 2.34. The first kappa shape index (κ1) is 14.9. The third kappa shape index (κ3) is 2.57. The number of hydrogen-bond donors (Lipinski definition) is 0. The van der Waals surface area contributed by atoms with Crippen molar-refractivity contribution in [3.8, 4) is 11.1 Å². The van der Waals surface area contributed by atoms with Gasteiger partial charge in [0, 0.05) is 27.4 Å². The van der Waals surface area contributed by atoms with E-state index in [-0.39, 0.29) is 5.43 Å². The van der Waals surface area contributed by atoms with Crippen LogP contribution in [0.25, 0.3) is 32.8 Å². The molecule has 0 spiro atoms. The molecule has 116 valence electrons. The van der Waals surface area contributed by atoms with Crippen LogP contribution in [0, 0.1) is 0 Å². The lowest BCUT2D eigenvalue weighted by atomic mass is 10.1. The van der Waals surface area contributed by atoms with Crippen molar-refractivity contribution in [2.75, 3.05) is 6.26 Å². The van der Waals surface area contributed by atoms with Gasteiger partial charge in [0.2, 0.25) is 0 Å². The quantitative estimate of drug-likeness (QED) is 0.477. The molecule has 24 heavy (non-hydrogen) atoms. The van der Waals surface area contributed by atoms with E-state index < -0.39 is 0 Å². The number of hydrogen-bond acceptors (Lipinski definition) is 3. The number of rotatable bonds is 2. The van der Waals surface area contributed by atoms with E-state index in [9.17, 15) is 4.79 Å². The fourth-order valence-electron chi connectivity index (χ4n) is 2.90. The average molecular weight is 329 g/mol. The minimum atomic E-state index is 0.0335. The first-order valence-electron chi connectivity index (χ1n) is 7.72. The Morgan fingerprint density at radius 2 is 1.62 bits per heavy atom. The molecule has 0 radical (unpaired) electrons. The molecule has 0 N–H and O–H groups in total. The van der Waals surface area contributed by atoms with Gasteiger partial charge in [0.25, 0.3) is 0 Å². The lowest BCUT2D eigenvalue weighted by molar-refractivity contribution is 1.41. The largest absolute Gasteiger partial charge is 0.289 e. The van der Waals surface area contributed by atoms with Crippen LogP contribution in [0.4, 0.5) is 0 Å². The van der Waals surface area contributed by atoms with Gasteiger partial charge in [-0.3, -0.25) is 9.78 Å². The van der Waals surface area contributed by atoms with Crippen molar-refractivity contribution in [2.45, 2.75) is 4.90 Å². The van der Waals surface area contributed by atoms with Crippen LogP contribution >= 0.6 is 11.8 Å². The summed E-state index contributed by atoms with van der Waals surface area (Å²) < 4.78 is 0. The minimum absolute atomic E-state index is 0.0335. The summed E-state index contributed by atoms with van der Waals surface area (Å²) in [6.07, 6.45) is 3.84. The Morgan fingerprint density at radius 1 is 0.833 bits per heavy atom. The third-order valence-electron chi connectivity index (χ3n) is 4.20. The van der Waals surface area contributed by atoms with Crippen LogP contribution in [-0.4, -0.2) is 11.2 Å². The Labute approximate surface area is 144 Å². The predicted octanol–water partition coefficient (Wildman–Crippen LogP) is 5.14. The molecule has 0 saturated carbocycles. The molecule has 0 aliphatic carbocycles. The molecule has 0 fully saturated rings. The molecule has 0 aliphatic rings. The van der Waals surface area contributed by atoms with Crippen LogP contribution in [0.5, 0.6) is 0 Å². The molecule has 2 nitrogen and oxygen atoms in total. The SMILES string of the molecule is CSc1ccc2ccc3ncc(-c4ccccc4)cc3c(=O)c2c1. The molecule has 3 aromatic carbocycles. The van der Waals surface area contributed by atoms with E-state index in [1.54, 1.807) is 11.8 Å². The summed E-state index contributed by atoms with van der Waals surface area (Å²) in [5.74, 6) is 0. The van der Waals surface area contributed by atoms with Gasteiger partial charge in [0.15, 0.2) is 5.43 Å². The number of aromatic nitrogens is 1. The Kier molecular flexibility index (Phi) is 3.79. The van der Waals surface area contributed by atoms with Crippen molar-refractivity contribution in [3.05, 3.63) is 83.2 Å². The van der Waals surface area contributed by atoms with Gasteiger partial charge in [-0.15, -0.1) is 11.8 Å². The molecule has 0 aliphatic heterocycles. The molecule has 0 atom stereocenters. The van der Waals surface area contributed by atoms with Crippen LogP contribution < -0.4 is 5.43 Å². The van der Waals surface area contributed by atoms with Crippen LogP contribution in [0.1, 0.15) is 0 Å². The zero-order chi connectivity index (χ0) is 16.5. The maximum absolute atomic E-state index is 13.1. The van der Waals surface area contributed by atoms with Crippen LogP contribution in [0.3, 0.4) is 0 Å². The molecule has 0 bridgehead atoms. The van der Waals surface area contributed by atoms with Gasteiger partial charge in [0.1, 0.15) is 0 Å². The van der Waals surface area contributed by atoms with E-state index in [2.05, 4.69) is 4.98 Å². The highest BCUT2D eigenvalue weighted by atomic mass is 32.2. The van der Waals surface area contributed by atoms with Gasteiger partial charge in [0.05, 0.1) is 5.52 Å². The lowest BCUT2D eigenvalue weighted by Gasteiger charge is -2.01. The Balaban J connectivity index is 2.07. The normalized spacial score (nSPS) is 11.0. The van der Waals surface area contributed by atoms with Gasteiger partial charge in [-0.25, -0.2) is 0 Å². The monoisotopic (exact) mass is 329 g/mol. The van der Waals surface area contributed by atoms with E-state index in [0.717, 1.165) is 32.3 Å². The van der Waals surface area contributed by atoms with Crippen molar-refractivity contribution in [3.63, 3.8) is 0 Å². The van der Waals surface area contributed by atoms with Crippen molar-refractivity contribution >= 4 is 33.4 Å². The molecular weight excluding hydrogens is 314 g/mol. The summed E-state index contributed by atoms with van der Waals surface area (Å²) in [6.45, 7) is 0. The number of thioether (sulfide) groups is 1. The van der Waals surface area contributed by atoms with Gasteiger partial charge in [-0.05, 0) is 41.5 Å². The molecule has 3 heteroatoms. The van der Waals surface area contributed by atoms with E-state index in [1.165, 1.54) is 0 Å². The number of pyridine rings is 1. The summed E-state index contributed by atoms with van der Waals surface area (Å²) in [4.78, 5) is 18.7. The molecule has 4 aromatic rings. The first-order valence-corrected chi connectivity index (χ1v) is 8.95. The zero-order valence-corrected chi connectivity index (χ0v) is 14.0.